The average Bonchev–Trinajstić information content (AvgIpc) is 2.51. The molecule has 0 atom stereocenters. The summed E-state index contributed by atoms with van der Waals surface area (Å²) < 4.78 is 116. The number of alkyl halides is 9. The van der Waals surface area contributed by atoms with Gasteiger partial charge in [-0.05, 0) is 41.1 Å². The lowest BCUT2D eigenvalue weighted by atomic mass is 9.99. The summed E-state index contributed by atoms with van der Waals surface area (Å²) in [6.45, 7) is 0. The second kappa shape index (κ2) is 6.68. The monoisotopic (exact) mass is 502 g/mol. The molecule has 0 saturated heterocycles. The first-order valence-electron chi connectivity index (χ1n) is 6.82. The first-order chi connectivity index (χ1) is 11.7. The molecule has 2 aromatic rings. The Labute approximate surface area is 153 Å². The van der Waals surface area contributed by atoms with Gasteiger partial charge < -0.3 is 0 Å². The van der Waals surface area contributed by atoms with Crippen LogP contribution in [0.5, 0.6) is 0 Å². The van der Waals surface area contributed by atoms with E-state index < -0.39 is 36.8 Å². The van der Waals surface area contributed by atoms with Crippen LogP contribution in [0, 0.1) is 3.70 Å². The Morgan fingerprint density at radius 3 is 1.77 bits per heavy atom. The quantitative estimate of drug-likeness (QED) is 0.391. The van der Waals surface area contributed by atoms with Crippen molar-refractivity contribution >= 4 is 33.6 Å². The minimum Gasteiger partial charge on any atom is -0.248 e. The fourth-order valence-electron chi connectivity index (χ4n) is 2.01. The maximum atomic E-state index is 13.6. The Kier molecular flexibility index (Phi) is 5.38. The van der Waals surface area contributed by atoms with Crippen molar-refractivity contribution in [3.05, 3.63) is 33.7 Å². The van der Waals surface area contributed by atoms with Crippen LogP contribution in [0.1, 0.15) is 12.1 Å². The molecule has 12 heteroatoms. The first-order valence-corrected chi connectivity index (χ1v) is 7.90. The van der Waals surface area contributed by atoms with E-state index in [0.29, 0.717) is 5.52 Å². The molecule has 0 amide bonds. The molecule has 0 aliphatic heterocycles. The molecule has 2 nitrogen and oxygen atoms in total. The predicted octanol–water partition coefficient (Wildman–Crippen LogP) is 5.64. The zero-order chi connectivity index (χ0) is 20.0. The molecule has 0 fully saturated rings. The van der Waals surface area contributed by atoms with Crippen LogP contribution >= 0.6 is 22.6 Å². The van der Waals surface area contributed by atoms with Gasteiger partial charge in [0.05, 0.1) is 16.7 Å². The lowest BCUT2D eigenvalue weighted by Crippen LogP contribution is -2.60. The zero-order valence-corrected chi connectivity index (χ0v) is 14.6. The highest BCUT2D eigenvalue weighted by Gasteiger charge is 2.81. The summed E-state index contributed by atoms with van der Waals surface area (Å²) in [5.41, 5.74) is 0.398. The van der Waals surface area contributed by atoms with E-state index in [-0.39, 0.29) is 14.9 Å². The minimum atomic E-state index is -6.88. The standard InChI is InChI=1S/C14H8F9IN2/c15-11(16,12(17,18)13(19,20)14(21,22)23)6-5-9-10(24)26-8-4-2-1-3-7(8)25-9/h1-4H,5-6H2. The van der Waals surface area contributed by atoms with Gasteiger partial charge >= 0.3 is 23.9 Å². The number of benzene rings is 1. The largest absolute Gasteiger partial charge is 0.460 e. The number of hydrogen-bond acceptors (Lipinski definition) is 2. The van der Waals surface area contributed by atoms with Gasteiger partial charge in [-0.25, -0.2) is 9.97 Å². The molecule has 0 radical (unpaired) electrons. The molecule has 0 aliphatic carbocycles. The number of hydrogen-bond donors (Lipinski definition) is 0. The van der Waals surface area contributed by atoms with Gasteiger partial charge in [0.1, 0.15) is 3.70 Å². The topological polar surface area (TPSA) is 25.8 Å². The second-order valence-corrected chi connectivity index (χ2v) is 6.32. The van der Waals surface area contributed by atoms with Crippen LogP contribution in [-0.2, 0) is 6.42 Å². The van der Waals surface area contributed by atoms with Gasteiger partial charge in [0.25, 0.3) is 0 Å². The molecular formula is C14H8F9IN2. The summed E-state index contributed by atoms with van der Waals surface area (Å²) in [6, 6.07) is 6.15. The smallest absolute Gasteiger partial charge is 0.248 e. The van der Waals surface area contributed by atoms with Gasteiger partial charge in [0, 0.05) is 6.42 Å². The molecule has 0 unspecified atom stereocenters. The van der Waals surface area contributed by atoms with Crippen molar-refractivity contribution in [1.82, 2.24) is 9.97 Å². The predicted molar refractivity (Wildman–Crippen MR) is 81.5 cm³/mol. The minimum absolute atomic E-state index is 0.0444. The van der Waals surface area contributed by atoms with E-state index >= 15 is 0 Å². The van der Waals surface area contributed by atoms with Crippen LogP contribution in [0.2, 0.25) is 0 Å². The average molecular weight is 502 g/mol. The normalized spacial score (nSPS) is 14.1. The van der Waals surface area contributed by atoms with Crippen molar-refractivity contribution in [2.24, 2.45) is 0 Å². The molecular weight excluding hydrogens is 494 g/mol. The van der Waals surface area contributed by atoms with E-state index in [1.165, 1.54) is 6.07 Å². The van der Waals surface area contributed by atoms with Crippen molar-refractivity contribution in [3.8, 4) is 0 Å². The molecule has 0 N–H and O–H groups in total. The number of aryl methyl sites for hydroxylation is 1. The van der Waals surface area contributed by atoms with E-state index in [1.807, 2.05) is 0 Å². The molecule has 1 aromatic carbocycles. The van der Waals surface area contributed by atoms with E-state index in [1.54, 1.807) is 40.8 Å². The van der Waals surface area contributed by atoms with Crippen molar-refractivity contribution in [2.45, 2.75) is 36.8 Å². The number of halogens is 10. The van der Waals surface area contributed by atoms with E-state index in [0.717, 1.165) is 0 Å². The highest BCUT2D eigenvalue weighted by atomic mass is 127. The Balaban J connectivity index is 2.29. The molecule has 2 rings (SSSR count). The summed E-state index contributed by atoms with van der Waals surface area (Å²) in [4.78, 5) is 7.90. The molecule has 26 heavy (non-hydrogen) atoms. The van der Waals surface area contributed by atoms with Crippen LogP contribution in [0.15, 0.2) is 24.3 Å². The Morgan fingerprint density at radius 1 is 0.769 bits per heavy atom. The van der Waals surface area contributed by atoms with Gasteiger partial charge in [-0.15, -0.1) is 0 Å². The number of fused-ring (bicyclic) bond motifs is 1. The van der Waals surface area contributed by atoms with E-state index in [9.17, 15) is 39.5 Å². The molecule has 144 valence electrons. The van der Waals surface area contributed by atoms with Gasteiger partial charge in [0.2, 0.25) is 0 Å². The summed E-state index contributed by atoms with van der Waals surface area (Å²) in [5, 5.41) is 0. The Morgan fingerprint density at radius 2 is 1.27 bits per heavy atom. The number of rotatable bonds is 5. The molecule has 0 bridgehead atoms. The lowest BCUT2D eigenvalue weighted by molar-refractivity contribution is -0.396. The van der Waals surface area contributed by atoms with E-state index in [2.05, 4.69) is 9.97 Å². The second-order valence-electron chi connectivity index (χ2n) is 5.30. The SMILES string of the molecule is FC(F)(F)C(F)(F)C(F)(F)C(F)(F)CCc1nc2ccccc2nc1I. The molecule has 1 aromatic heterocycles. The number of para-hydroxylation sites is 2. The fraction of sp³-hybridized carbons (Fsp3) is 0.429. The van der Waals surface area contributed by atoms with Crippen LogP contribution in [0.3, 0.4) is 0 Å². The lowest BCUT2D eigenvalue weighted by Gasteiger charge is -2.33. The van der Waals surface area contributed by atoms with Crippen molar-refractivity contribution in [1.29, 1.82) is 0 Å². The maximum Gasteiger partial charge on any atom is 0.460 e. The maximum absolute atomic E-state index is 13.6. The molecule has 0 spiro atoms. The third kappa shape index (κ3) is 3.56. The number of nitrogens with zero attached hydrogens (tertiary/aromatic N) is 2. The van der Waals surface area contributed by atoms with Crippen molar-refractivity contribution < 1.29 is 39.5 Å². The summed E-state index contributed by atoms with van der Waals surface area (Å²) in [5.74, 6) is -19.1. The van der Waals surface area contributed by atoms with Gasteiger partial charge in [0.15, 0.2) is 0 Å². The van der Waals surface area contributed by atoms with Crippen LogP contribution in [0.4, 0.5) is 39.5 Å². The summed E-state index contributed by atoms with van der Waals surface area (Å²) in [7, 11) is 0. The first kappa shape index (κ1) is 21.0. The third-order valence-corrected chi connectivity index (χ3v) is 4.34. The third-order valence-electron chi connectivity index (χ3n) is 3.48. The van der Waals surface area contributed by atoms with Crippen LogP contribution < -0.4 is 0 Å². The highest BCUT2D eigenvalue weighted by molar-refractivity contribution is 14.1. The van der Waals surface area contributed by atoms with E-state index in [4.69, 9.17) is 0 Å². The molecule has 0 saturated carbocycles. The summed E-state index contributed by atoms with van der Waals surface area (Å²) in [6.07, 6.45) is -9.75. The number of aromatic nitrogens is 2. The van der Waals surface area contributed by atoms with Crippen LogP contribution in [0.25, 0.3) is 11.0 Å². The van der Waals surface area contributed by atoms with Gasteiger partial charge in [-0.2, -0.15) is 39.5 Å². The Hall–Kier alpha value is -1.34. The highest BCUT2D eigenvalue weighted by Crippen LogP contribution is 2.54. The van der Waals surface area contributed by atoms with Gasteiger partial charge in [-0.1, -0.05) is 12.1 Å². The van der Waals surface area contributed by atoms with Gasteiger partial charge in [-0.3, -0.25) is 0 Å². The Bertz CT molecular complexity index is 805. The summed E-state index contributed by atoms with van der Waals surface area (Å²) >= 11 is 1.58. The van der Waals surface area contributed by atoms with Crippen molar-refractivity contribution in [3.63, 3.8) is 0 Å². The fourth-order valence-corrected chi connectivity index (χ4v) is 2.66. The zero-order valence-electron chi connectivity index (χ0n) is 12.4. The molecule has 1 heterocycles. The van der Waals surface area contributed by atoms with Crippen LogP contribution in [-0.4, -0.2) is 33.9 Å². The molecule has 0 aliphatic rings. The van der Waals surface area contributed by atoms with Crippen molar-refractivity contribution in [2.75, 3.05) is 0 Å².